The number of ether oxygens (including phenoxy) is 2. The van der Waals surface area contributed by atoms with E-state index >= 15 is 0 Å². The van der Waals surface area contributed by atoms with Crippen molar-refractivity contribution in [2.75, 3.05) is 12.1 Å². The highest BCUT2D eigenvalue weighted by molar-refractivity contribution is 6.29. The standard InChI is InChI=1S/C13H10ClN3O3/c1-7-15-9(5-12(14)16-7)13(18)17-8-2-3-10-11(4-8)20-6-19-10/h2-5H,6H2,1H3,(H,17,18). The molecular weight excluding hydrogens is 282 g/mol. The maximum Gasteiger partial charge on any atom is 0.274 e. The average Bonchev–Trinajstić information content (AvgIpc) is 2.85. The first-order chi connectivity index (χ1) is 9.61. The van der Waals surface area contributed by atoms with Gasteiger partial charge in [-0.25, -0.2) is 9.97 Å². The van der Waals surface area contributed by atoms with E-state index in [1.165, 1.54) is 6.07 Å². The van der Waals surface area contributed by atoms with Crippen LogP contribution in [0.5, 0.6) is 11.5 Å². The lowest BCUT2D eigenvalue weighted by Crippen LogP contribution is -2.14. The predicted molar refractivity (Wildman–Crippen MR) is 72.3 cm³/mol. The van der Waals surface area contributed by atoms with Gasteiger partial charge in [0.15, 0.2) is 11.5 Å². The van der Waals surface area contributed by atoms with Crippen molar-refractivity contribution in [1.82, 2.24) is 9.97 Å². The number of hydrogen-bond donors (Lipinski definition) is 1. The quantitative estimate of drug-likeness (QED) is 0.860. The molecule has 3 rings (SSSR count). The average molecular weight is 292 g/mol. The van der Waals surface area contributed by atoms with Gasteiger partial charge in [-0.2, -0.15) is 0 Å². The number of nitrogens with one attached hydrogen (secondary N) is 1. The number of anilines is 1. The fourth-order valence-corrected chi connectivity index (χ4v) is 2.04. The number of aryl methyl sites for hydroxylation is 1. The van der Waals surface area contributed by atoms with Gasteiger partial charge in [-0.05, 0) is 19.1 Å². The normalized spacial score (nSPS) is 12.3. The van der Waals surface area contributed by atoms with E-state index in [1.807, 2.05) is 0 Å². The zero-order valence-electron chi connectivity index (χ0n) is 10.5. The Bertz CT molecular complexity index is 670. The molecule has 1 aliphatic heterocycles. The topological polar surface area (TPSA) is 73.3 Å². The molecule has 6 nitrogen and oxygen atoms in total. The zero-order valence-corrected chi connectivity index (χ0v) is 11.3. The second-order valence-electron chi connectivity index (χ2n) is 4.15. The summed E-state index contributed by atoms with van der Waals surface area (Å²) in [4.78, 5) is 20.0. The Kier molecular flexibility index (Phi) is 3.15. The molecule has 0 aliphatic carbocycles. The van der Waals surface area contributed by atoms with Crippen molar-refractivity contribution < 1.29 is 14.3 Å². The maximum atomic E-state index is 12.1. The van der Waals surface area contributed by atoms with E-state index < -0.39 is 0 Å². The van der Waals surface area contributed by atoms with Gasteiger partial charge in [0.25, 0.3) is 5.91 Å². The SMILES string of the molecule is Cc1nc(Cl)cc(C(=O)Nc2ccc3c(c2)OCO3)n1. The van der Waals surface area contributed by atoms with E-state index in [1.54, 1.807) is 25.1 Å². The number of rotatable bonds is 2. The summed E-state index contributed by atoms with van der Waals surface area (Å²) in [5.74, 6) is 1.33. The molecule has 20 heavy (non-hydrogen) atoms. The van der Waals surface area contributed by atoms with Crippen LogP contribution in [0.1, 0.15) is 16.3 Å². The Balaban J connectivity index is 1.82. The van der Waals surface area contributed by atoms with Gasteiger partial charge in [0.1, 0.15) is 16.7 Å². The number of hydrogen-bond acceptors (Lipinski definition) is 5. The number of halogens is 1. The molecule has 1 amide bonds. The molecular formula is C13H10ClN3O3. The molecule has 0 saturated carbocycles. The second kappa shape index (κ2) is 4.97. The van der Waals surface area contributed by atoms with Gasteiger partial charge >= 0.3 is 0 Å². The van der Waals surface area contributed by atoms with E-state index in [-0.39, 0.29) is 23.5 Å². The van der Waals surface area contributed by atoms with E-state index in [9.17, 15) is 4.79 Å². The van der Waals surface area contributed by atoms with Gasteiger partial charge in [0, 0.05) is 17.8 Å². The molecule has 0 fully saturated rings. The monoisotopic (exact) mass is 291 g/mol. The van der Waals surface area contributed by atoms with Crippen LogP contribution in [0.15, 0.2) is 24.3 Å². The Morgan fingerprint density at radius 1 is 1.25 bits per heavy atom. The highest BCUT2D eigenvalue weighted by Gasteiger charge is 2.15. The molecule has 2 aromatic rings. The molecule has 0 bridgehead atoms. The summed E-state index contributed by atoms with van der Waals surface area (Å²) in [5, 5.41) is 2.95. The van der Waals surface area contributed by atoms with Crippen LogP contribution in [0.25, 0.3) is 0 Å². The lowest BCUT2D eigenvalue weighted by molar-refractivity contribution is 0.102. The number of carbonyl (C=O) groups is 1. The number of fused-ring (bicyclic) bond motifs is 1. The minimum atomic E-state index is -0.365. The van der Waals surface area contributed by atoms with Gasteiger partial charge in [-0.15, -0.1) is 0 Å². The molecule has 102 valence electrons. The van der Waals surface area contributed by atoms with Crippen molar-refractivity contribution in [2.24, 2.45) is 0 Å². The largest absolute Gasteiger partial charge is 0.454 e. The van der Waals surface area contributed by atoms with Crippen molar-refractivity contribution >= 4 is 23.2 Å². The highest BCUT2D eigenvalue weighted by Crippen LogP contribution is 2.34. The van der Waals surface area contributed by atoms with Gasteiger partial charge < -0.3 is 14.8 Å². The summed E-state index contributed by atoms with van der Waals surface area (Å²) in [7, 11) is 0. The molecule has 1 aromatic heterocycles. The molecule has 0 atom stereocenters. The number of nitrogens with zero attached hydrogens (tertiary/aromatic N) is 2. The third-order valence-corrected chi connectivity index (χ3v) is 2.86. The molecule has 0 unspecified atom stereocenters. The van der Waals surface area contributed by atoms with Crippen molar-refractivity contribution in [2.45, 2.75) is 6.92 Å². The van der Waals surface area contributed by atoms with Crippen molar-refractivity contribution in [1.29, 1.82) is 0 Å². The first-order valence-electron chi connectivity index (χ1n) is 5.84. The van der Waals surface area contributed by atoms with Crippen LogP contribution in [0.4, 0.5) is 5.69 Å². The Labute approximate surface area is 119 Å². The van der Waals surface area contributed by atoms with Crippen LogP contribution in [0.2, 0.25) is 5.15 Å². The predicted octanol–water partition coefficient (Wildman–Crippen LogP) is 2.42. The van der Waals surface area contributed by atoms with Crippen LogP contribution in [0.3, 0.4) is 0 Å². The minimum Gasteiger partial charge on any atom is -0.454 e. The first kappa shape index (κ1) is 12.7. The molecule has 7 heteroatoms. The fraction of sp³-hybridized carbons (Fsp3) is 0.154. The van der Waals surface area contributed by atoms with E-state index in [2.05, 4.69) is 15.3 Å². The van der Waals surface area contributed by atoms with E-state index in [4.69, 9.17) is 21.1 Å². The van der Waals surface area contributed by atoms with Crippen LogP contribution >= 0.6 is 11.6 Å². The van der Waals surface area contributed by atoms with Crippen molar-refractivity contribution in [3.8, 4) is 11.5 Å². The fourth-order valence-electron chi connectivity index (χ4n) is 1.82. The van der Waals surface area contributed by atoms with Gasteiger partial charge in [-0.1, -0.05) is 11.6 Å². The summed E-state index contributed by atoms with van der Waals surface area (Å²) in [6, 6.07) is 6.56. The minimum absolute atomic E-state index is 0.188. The zero-order chi connectivity index (χ0) is 14.1. The second-order valence-corrected chi connectivity index (χ2v) is 4.53. The Morgan fingerprint density at radius 3 is 2.85 bits per heavy atom. The number of benzene rings is 1. The van der Waals surface area contributed by atoms with Gasteiger partial charge in [0.05, 0.1) is 0 Å². The summed E-state index contributed by atoms with van der Waals surface area (Å²) >= 11 is 5.81. The van der Waals surface area contributed by atoms with Crippen LogP contribution in [0, 0.1) is 6.92 Å². The van der Waals surface area contributed by atoms with Crippen LogP contribution in [-0.2, 0) is 0 Å². The molecule has 0 saturated heterocycles. The summed E-state index contributed by atoms with van der Waals surface area (Å²) in [6.45, 7) is 1.86. The maximum absolute atomic E-state index is 12.1. The molecule has 1 aliphatic rings. The van der Waals surface area contributed by atoms with Gasteiger partial charge in [-0.3, -0.25) is 4.79 Å². The molecule has 1 N–H and O–H groups in total. The Hall–Kier alpha value is -2.34. The number of amides is 1. The molecule has 1 aromatic carbocycles. The third-order valence-electron chi connectivity index (χ3n) is 2.67. The first-order valence-corrected chi connectivity index (χ1v) is 6.22. The van der Waals surface area contributed by atoms with Crippen LogP contribution < -0.4 is 14.8 Å². The summed E-state index contributed by atoms with van der Waals surface area (Å²) < 4.78 is 10.4. The van der Waals surface area contributed by atoms with Gasteiger partial charge in [0.2, 0.25) is 6.79 Å². The number of carbonyl (C=O) groups excluding carboxylic acids is 1. The number of aromatic nitrogens is 2. The third kappa shape index (κ3) is 2.50. The summed E-state index contributed by atoms with van der Waals surface area (Å²) in [6.07, 6.45) is 0. The highest BCUT2D eigenvalue weighted by atomic mass is 35.5. The van der Waals surface area contributed by atoms with E-state index in [0.29, 0.717) is 23.0 Å². The van der Waals surface area contributed by atoms with Crippen molar-refractivity contribution in [3.05, 3.63) is 40.9 Å². The lowest BCUT2D eigenvalue weighted by atomic mass is 10.2. The smallest absolute Gasteiger partial charge is 0.274 e. The molecule has 0 spiro atoms. The molecule has 0 radical (unpaired) electrons. The Morgan fingerprint density at radius 2 is 2.05 bits per heavy atom. The lowest BCUT2D eigenvalue weighted by Gasteiger charge is -2.06. The summed E-state index contributed by atoms with van der Waals surface area (Å²) in [5.41, 5.74) is 0.798. The van der Waals surface area contributed by atoms with E-state index in [0.717, 1.165) is 0 Å². The molecule has 2 heterocycles. The van der Waals surface area contributed by atoms with Crippen molar-refractivity contribution in [3.63, 3.8) is 0 Å². The van der Waals surface area contributed by atoms with Crippen LogP contribution in [-0.4, -0.2) is 22.7 Å².